The minimum absolute atomic E-state index is 0. The van der Waals surface area contributed by atoms with Crippen LogP contribution in [0, 0.1) is 6.92 Å². The van der Waals surface area contributed by atoms with E-state index in [1.165, 1.54) is 6.07 Å². The summed E-state index contributed by atoms with van der Waals surface area (Å²) < 4.78 is 16.6. The second-order valence-electron chi connectivity index (χ2n) is 7.47. The van der Waals surface area contributed by atoms with Gasteiger partial charge < -0.3 is 19.2 Å². The van der Waals surface area contributed by atoms with E-state index in [9.17, 15) is 9.59 Å². The Hall–Kier alpha value is -3.54. The van der Waals surface area contributed by atoms with Gasteiger partial charge in [-0.15, -0.1) is 0 Å². The van der Waals surface area contributed by atoms with E-state index in [0.717, 1.165) is 11.1 Å². The number of ether oxygens (including phenoxy) is 2. The molecule has 0 aliphatic carbocycles. The second kappa shape index (κ2) is 11.2. The molecule has 3 aromatic rings. The van der Waals surface area contributed by atoms with Crippen molar-refractivity contribution in [2.75, 3.05) is 6.61 Å². The average molecular weight is 438 g/mol. The van der Waals surface area contributed by atoms with Crippen molar-refractivity contribution in [3.8, 4) is 11.7 Å². The fraction of sp³-hybridized carbons (Fsp3) is 0.308. The second-order valence-corrected chi connectivity index (χ2v) is 7.47. The lowest BCUT2D eigenvalue weighted by Crippen LogP contribution is -2.34. The van der Waals surface area contributed by atoms with Crippen molar-refractivity contribution in [3.63, 3.8) is 0 Å². The van der Waals surface area contributed by atoms with Gasteiger partial charge in [-0.3, -0.25) is 4.79 Å². The number of carbonyl (C=O) groups is 2. The van der Waals surface area contributed by atoms with Gasteiger partial charge in [-0.2, -0.15) is 0 Å². The first-order chi connectivity index (χ1) is 14.9. The topological polar surface area (TPSA) is 77.8 Å². The lowest BCUT2D eigenvalue weighted by Gasteiger charge is -2.17. The molecule has 0 bridgehead atoms. The molecule has 1 N–H and O–H groups in total. The molecule has 0 aliphatic heterocycles. The Balaban J connectivity index is 0.00000363. The molecule has 0 aliphatic rings. The van der Waals surface area contributed by atoms with Crippen LogP contribution in [0.15, 0.2) is 65.1 Å². The van der Waals surface area contributed by atoms with Gasteiger partial charge in [0.05, 0.1) is 6.61 Å². The zero-order chi connectivity index (χ0) is 22.4. The molecule has 0 saturated carbocycles. The van der Waals surface area contributed by atoms with Gasteiger partial charge >= 0.3 is 5.97 Å². The van der Waals surface area contributed by atoms with E-state index in [2.05, 4.69) is 25.2 Å². The largest absolute Gasteiger partial charge is 0.464 e. The van der Waals surface area contributed by atoms with Crippen LogP contribution in [0.25, 0.3) is 0 Å². The fourth-order valence-corrected chi connectivity index (χ4v) is 3.04. The van der Waals surface area contributed by atoms with Crippen LogP contribution in [0.3, 0.4) is 0 Å². The molecule has 1 unspecified atom stereocenters. The van der Waals surface area contributed by atoms with Gasteiger partial charge in [-0.25, -0.2) is 4.79 Å². The van der Waals surface area contributed by atoms with Crippen molar-refractivity contribution in [2.24, 2.45) is 0 Å². The van der Waals surface area contributed by atoms with Crippen LogP contribution in [0.5, 0.6) is 11.7 Å². The van der Waals surface area contributed by atoms with Gasteiger partial charge in [0.25, 0.3) is 11.9 Å². The molecule has 6 nitrogen and oxygen atoms in total. The molecule has 0 radical (unpaired) electrons. The summed E-state index contributed by atoms with van der Waals surface area (Å²) in [7, 11) is 0. The summed E-state index contributed by atoms with van der Waals surface area (Å²) in [6.07, 6.45) is 0. The number of nitrogens with one attached hydrogen (secondary N) is 1. The maximum atomic E-state index is 12.7. The predicted molar refractivity (Wildman–Crippen MR) is 124 cm³/mol. The minimum atomic E-state index is -0.937. The summed E-state index contributed by atoms with van der Waals surface area (Å²) in [5.74, 6) is 0.190. The molecular weight excluding hydrogens is 406 g/mol. The van der Waals surface area contributed by atoms with Gasteiger partial charge in [0.1, 0.15) is 5.75 Å². The Morgan fingerprint density at radius 1 is 1.00 bits per heavy atom. The van der Waals surface area contributed by atoms with Crippen LogP contribution >= 0.6 is 0 Å². The molecule has 170 valence electrons. The molecule has 1 atom stereocenters. The van der Waals surface area contributed by atoms with Crippen LogP contribution in [-0.4, -0.2) is 18.5 Å². The Bertz CT molecular complexity index is 1040. The number of carbonyl (C=O) groups excluding carboxylic acids is 2. The third-order valence-corrected chi connectivity index (χ3v) is 4.83. The quantitative estimate of drug-likeness (QED) is 0.426. The molecule has 0 spiro atoms. The minimum Gasteiger partial charge on any atom is -0.464 e. The lowest BCUT2D eigenvalue weighted by atomic mass is 10.0. The number of benzene rings is 2. The number of hydrogen-bond donors (Lipinski definition) is 1. The van der Waals surface area contributed by atoms with Crippen LogP contribution in [0.2, 0.25) is 0 Å². The van der Waals surface area contributed by atoms with Crippen molar-refractivity contribution in [1.29, 1.82) is 0 Å². The zero-order valence-corrected chi connectivity index (χ0v) is 18.2. The number of rotatable bonds is 8. The highest BCUT2D eigenvalue weighted by Gasteiger charge is 2.26. The van der Waals surface area contributed by atoms with Gasteiger partial charge in [0, 0.05) is 6.07 Å². The molecule has 3 rings (SSSR count). The van der Waals surface area contributed by atoms with Gasteiger partial charge in [0.15, 0.2) is 11.8 Å². The third kappa shape index (κ3) is 6.00. The molecule has 1 aromatic heterocycles. The number of furan rings is 1. The fourth-order valence-electron chi connectivity index (χ4n) is 3.04. The summed E-state index contributed by atoms with van der Waals surface area (Å²) >= 11 is 0. The van der Waals surface area contributed by atoms with E-state index in [0.29, 0.717) is 17.2 Å². The van der Waals surface area contributed by atoms with E-state index in [4.69, 9.17) is 13.9 Å². The molecule has 1 amide bonds. The first-order valence-electron chi connectivity index (χ1n) is 10.3. The predicted octanol–water partition coefficient (Wildman–Crippen LogP) is 6.17. The summed E-state index contributed by atoms with van der Waals surface area (Å²) in [5, 5.41) is 2.68. The monoisotopic (exact) mass is 437 g/mol. The SMILES string of the molecule is C.CCOC(=O)C(NC(=O)c1ccc(Oc2cc(C(C)C)ccc2C)o1)c1ccccc1. The molecule has 0 saturated heterocycles. The molecule has 6 heteroatoms. The van der Waals surface area contributed by atoms with Gasteiger partial charge in [0.2, 0.25) is 0 Å². The first kappa shape index (κ1) is 24.7. The zero-order valence-electron chi connectivity index (χ0n) is 18.2. The summed E-state index contributed by atoms with van der Waals surface area (Å²) in [6.45, 7) is 8.09. The van der Waals surface area contributed by atoms with Crippen molar-refractivity contribution >= 4 is 11.9 Å². The summed E-state index contributed by atoms with van der Waals surface area (Å²) in [6, 6.07) is 17.1. The van der Waals surface area contributed by atoms with E-state index >= 15 is 0 Å². The van der Waals surface area contributed by atoms with Crippen molar-refractivity contribution in [1.82, 2.24) is 5.32 Å². The van der Waals surface area contributed by atoms with Crippen molar-refractivity contribution in [3.05, 3.63) is 83.1 Å². The highest BCUT2D eigenvalue weighted by molar-refractivity contribution is 5.95. The average Bonchev–Trinajstić information content (AvgIpc) is 3.22. The Morgan fingerprint density at radius 3 is 2.38 bits per heavy atom. The first-order valence-corrected chi connectivity index (χ1v) is 10.3. The van der Waals surface area contributed by atoms with Crippen LogP contribution in [0.1, 0.15) is 67.4 Å². The number of hydrogen-bond acceptors (Lipinski definition) is 5. The van der Waals surface area contributed by atoms with E-state index in [-0.39, 0.29) is 25.7 Å². The maximum Gasteiger partial charge on any atom is 0.333 e. The maximum absolute atomic E-state index is 12.7. The van der Waals surface area contributed by atoms with Crippen molar-refractivity contribution < 1.29 is 23.5 Å². The van der Waals surface area contributed by atoms with Crippen molar-refractivity contribution in [2.45, 2.75) is 47.1 Å². The number of esters is 1. The Morgan fingerprint density at radius 2 is 1.72 bits per heavy atom. The molecular formula is C26H31NO5. The Kier molecular flexibility index (Phi) is 8.64. The normalized spacial score (nSPS) is 11.4. The number of aryl methyl sites for hydroxylation is 1. The third-order valence-electron chi connectivity index (χ3n) is 4.83. The standard InChI is InChI=1S/C25H27NO5.CH4/c1-5-29-25(28)23(18-9-7-6-8-10-18)26-24(27)20-13-14-22(30-20)31-21-15-19(16(2)3)12-11-17(21)4;/h6-16,23H,5H2,1-4H3,(H,26,27);1H4. The van der Waals surface area contributed by atoms with Crippen LogP contribution in [0.4, 0.5) is 0 Å². The molecule has 0 fully saturated rings. The van der Waals surface area contributed by atoms with E-state index < -0.39 is 17.9 Å². The molecule has 32 heavy (non-hydrogen) atoms. The Labute approximate surface area is 189 Å². The smallest absolute Gasteiger partial charge is 0.333 e. The van der Waals surface area contributed by atoms with Gasteiger partial charge in [-0.05, 0) is 48.6 Å². The summed E-state index contributed by atoms with van der Waals surface area (Å²) in [5.41, 5.74) is 2.72. The van der Waals surface area contributed by atoms with E-state index in [1.807, 2.05) is 25.1 Å². The number of amides is 1. The highest BCUT2D eigenvalue weighted by Crippen LogP contribution is 2.30. The summed E-state index contributed by atoms with van der Waals surface area (Å²) in [4.78, 5) is 25.1. The molecule has 1 heterocycles. The molecule has 2 aromatic carbocycles. The van der Waals surface area contributed by atoms with Crippen LogP contribution < -0.4 is 10.1 Å². The van der Waals surface area contributed by atoms with Crippen LogP contribution in [-0.2, 0) is 9.53 Å². The lowest BCUT2D eigenvalue weighted by molar-refractivity contribution is -0.145. The van der Waals surface area contributed by atoms with E-state index in [1.54, 1.807) is 37.3 Å². The highest BCUT2D eigenvalue weighted by atomic mass is 16.6. The van der Waals surface area contributed by atoms with Gasteiger partial charge in [-0.1, -0.05) is 63.7 Å².